The quantitative estimate of drug-likeness (QED) is 0.867. The molecule has 2 atom stereocenters. The molecule has 1 aromatic rings. The molecule has 0 spiro atoms. The highest BCUT2D eigenvalue weighted by atomic mass is 16.3. The zero-order valence-corrected chi connectivity index (χ0v) is 11.5. The molecular formula is C14H21N3O2. The number of rotatable bonds is 3. The van der Waals surface area contributed by atoms with Crippen LogP contribution in [0.25, 0.3) is 0 Å². The molecule has 0 aromatic carbocycles. The van der Waals surface area contributed by atoms with Gasteiger partial charge >= 0.3 is 0 Å². The summed E-state index contributed by atoms with van der Waals surface area (Å²) >= 11 is 0. The summed E-state index contributed by atoms with van der Waals surface area (Å²) in [6.45, 7) is 0. The first kappa shape index (κ1) is 13.8. The van der Waals surface area contributed by atoms with Crippen LogP contribution in [0.15, 0.2) is 18.3 Å². The fourth-order valence-electron chi connectivity index (χ4n) is 2.33. The lowest BCUT2D eigenvalue weighted by Crippen LogP contribution is -2.36. The van der Waals surface area contributed by atoms with Crippen molar-refractivity contribution in [1.82, 2.24) is 9.88 Å². The number of hydrogen-bond donors (Lipinski definition) is 2. The van der Waals surface area contributed by atoms with E-state index >= 15 is 0 Å². The van der Waals surface area contributed by atoms with Crippen LogP contribution < -0.4 is 5.32 Å². The van der Waals surface area contributed by atoms with Crippen LogP contribution >= 0.6 is 0 Å². The topological polar surface area (TPSA) is 65.5 Å². The van der Waals surface area contributed by atoms with E-state index in [1.165, 1.54) is 4.90 Å². The van der Waals surface area contributed by atoms with Crippen LogP contribution in [0.1, 0.15) is 36.0 Å². The van der Waals surface area contributed by atoms with E-state index in [1.54, 1.807) is 32.4 Å². The average molecular weight is 263 g/mol. The molecule has 0 radical (unpaired) electrons. The van der Waals surface area contributed by atoms with Gasteiger partial charge in [-0.05, 0) is 25.0 Å². The maximum Gasteiger partial charge on any atom is 0.254 e. The van der Waals surface area contributed by atoms with Gasteiger partial charge < -0.3 is 15.3 Å². The second kappa shape index (κ2) is 6.02. The molecule has 5 heteroatoms. The number of pyridine rings is 1. The minimum atomic E-state index is -0.307. The van der Waals surface area contributed by atoms with Crippen molar-refractivity contribution in [1.29, 1.82) is 0 Å². The van der Waals surface area contributed by atoms with Crippen LogP contribution in [0, 0.1) is 0 Å². The van der Waals surface area contributed by atoms with Gasteiger partial charge in [0, 0.05) is 20.3 Å². The Morgan fingerprint density at radius 1 is 1.37 bits per heavy atom. The van der Waals surface area contributed by atoms with E-state index < -0.39 is 0 Å². The molecule has 1 heterocycles. The minimum Gasteiger partial charge on any atom is -0.391 e. The summed E-state index contributed by atoms with van der Waals surface area (Å²) < 4.78 is 0. The third-order valence-corrected chi connectivity index (χ3v) is 3.48. The Bertz CT molecular complexity index is 431. The maximum atomic E-state index is 11.7. The van der Waals surface area contributed by atoms with Gasteiger partial charge in [0.15, 0.2) is 0 Å². The first-order chi connectivity index (χ1) is 9.08. The van der Waals surface area contributed by atoms with Crippen molar-refractivity contribution in [2.75, 3.05) is 19.4 Å². The summed E-state index contributed by atoms with van der Waals surface area (Å²) in [5, 5.41) is 13.1. The Hall–Kier alpha value is -1.62. The summed E-state index contributed by atoms with van der Waals surface area (Å²) in [4.78, 5) is 17.5. The summed E-state index contributed by atoms with van der Waals surface area (Å²) in [5.74, 6) is 0.651. The standard InChI is InChI=1S/C14H21N3O2/c1-17(2)14(19)10-7-8-13(15-9-10)16-11-5-3-4-6-12(11)18/h7-9,11-12,18H,3-6H2,1-2H3,(H,15,16). The third kappa shape index (κ3) is 3.44. The molecule has 19 heavy (non-hydrogen) atoms. The predicted molar refractivity (Wildman–Crippen MR) is 74.1 cm³/mol. The summed E-state index contributed by atoms with van der Waals surface area (Å²) in [6.07, 6.45) is 5.28. The average Bonchev–Trinajstić information content (AvgIpc) is 2.41. The summed E-state index contributed by atoms with van der Waals surface area (Å²) in [5.41, 5.74) is 0.569. The monoisotopic (exact) mass is 263 g/mol. The lowest BCUT2D eigenvalue weighted by Gasteiger charge is -2.28. The Labute approximate surface area is 113 Å². The molecule has 104 valence electrons. The molecule has 0 bridgehead atoms. The molecule has 1 aliphatic rings. The van der Waals surface area contributed by atoms with E-state index in [9.17, 15) is 9.90 Å². The van der Waals surface area contributed by atoms with Crippen molar-refractivity contribution in [3.05, 3.63) is 23.9 Å². The summed E-state index contributed by atoms with van der Waals surface area (Å²) in [7, 11) is 3.43. The number of nitrogens with one attached hydrogen (secondary N) is 1. The van der Waals surface area contributed by atoms with Gasteiger partial charge in [0.05, 0.1) is 17.7 Å². The SMILES string of the molecule is CN(C)C(=O)c1ccc(NC2CCCCC2O)nc1. The van der Waals surface area contributed by atoms with E-state index in [-0.39, 0.29) is 18.1 Å². The zero-order valence-electron chi connectivity index (χ0n) is 11.5. The van der Waals surface area contributed by atoms with Crippen LogP contribution in [0.4, 0.5) is 5.82 Å². The maximum absolute atomic E-state index is 11.7. The lowest BCUT2D eigenvalue weighted by molar-refractivity contribution is 0.0827. The zero-order chi connectivity index (χ0) is 13.8. The van der Waals surface area contributed by atoms with Crippen LogP contribution in [-0.2, 0) is 0 Å². The highest BCUT2D eigenvalue weighted by Crippen LogP contribution is 2.21. The Balaban J connectivity index is 2.00. The molecule has 0 saturated heterocycles. The van der Waals surface area contributed by atoms with Crippen LogP contribution in [0.2, 0.25) is 0 Å². The molecule has 1 saturated carbocycles. The molecule has 2 rings (SSSR count). The van der Waals surface area contributed by atoms with E-state index in [4.69, 9.17) is 0 Å². The predicted octanol–water partition coefficient (Wildman–Crippen LogP) is 1.50. The normalized spacial score (nSPS) is 22.9. The van der Waals surface area contributed by atoms with Crippen molar-refractivity contribution in [2.24, 2.45) is 0 Å². The number of aromatic nitrogens is 1. The second-order valence-corrected chi connectivity index (χ2v) is 5.23. The van der Waals surface area contributed by atoms with Crippen molar-refractivity contribution in [3.63, 3.8) is 0 Å². The van der Waals surface area contributed by atoms with E-state index in [0.29, 0.717) is 11.4 Å². The minimum absolute atomic E-state index is 0.0586. The van der Waals surface area contributed by atoms with Crippen LogP contribution in [-0.4, -0.2) is 47.1 Å². The molecule has 0 aliphatic heterocycles. The number of nitrogens with zero attached hydrogens (tertiary/aromatic N) is 2. The first-order valence-corrected chi connectivity index (χ1v) is 6.70. The lowest BCUT2D eigenvalue weighted by atomic mass is 9.92. The molecule has 1 fully saturated rings. The summed E-state index contributed by atoms with van der Waals surface area (Å²) in [6, 6.07) is 3.61. The molecule has 1 aromatic heterocycles. The Morgan fingerprint density at radius 3 is 2.68 bits per heavy atom. The molecule has 2 unspecified atom stereocenters. The van der Waals surface area contributed by atoms with Crippen molar-refractivity contribution in [3.8, 4) is 0 Å². The molecular weight excluding hydrogens is 242 g/mol. The highest BCUT2D eigenvalue weighted by Gasteiger charge is 2.23. The van der Waals surface area contributed by atoms with Gasteiger partial charge in [-0.2, -0.15) is 0 Å². The van der Waals surface area contributed by atoms with Crippen molar-refractivity contribution >= 4 is 11.7 Å². The fourth-order valence-corrected chi connectivity index (χ4v) is 2.33. The smallest absolute Gasteiger partial charge is 0.254 e. The number of carbonyl (C=O) groups excluding carboxylic acids is 1. The number of amides is 1. The first-order valence-electron chi connectivity index (χ1n) is 6.70. The second-order valence-electron chi connectivity index (χ2n) is 5.23. The molecule has 2 N–H and O–H groups in total. The molecule has 5 nitrogen and oxygen atoms in total. The molecule has 1 amide bonds. The molecule has 1 aliphatic carbocycles. The van der Waals surface area contributed by atoms with Gasteiger partial charge in [-0.1, -0.05) is 12.8 Å². The number of aliphatic hydroxyl groups is 1. The van der Waals surface area contributed by atoms with Gasteiger partial charge in [0.2, 0.25) is 0 Å². The van der Waals surface area contributed by atoms with Gasteiger partial charge in [-0.25, -0.2) is 4.98 Å². The number of anilines is 1. The third-order valence-electron chi connectivity index (χ3n) is 3.48. The van der Waals surface area contributed by atoms with Gasteiger partial charge in [0.1, 0.15) is 5.82 Å². The van der Waals surface area contributed by atoms with Crippen LogP contribution in [0.5, 0.6) is 0 Å². The fraction of sp³-hybridized carbons (Fsp3) is 0.571. The highest BCUT2D eigenvalue weighted by molar-refractivity contribution is 5.93. The largest absolute Gasteiger partial charge is 0.391 e. The van der Waals surface area contributed by atoms with E-state index in [1.807, 2.05) is 0 Å². The van der Waals surface area contributed by atoms with Crippen molar-refractivity contribution < 1.29 is 9.90 Å². The number of carbonyl (C=O) groups is 1. The number of hydrogen-bond acceptors (Lipinski definition) is 4. The van der Waals surface area contributed by atoms with E-state index in [0.717, 1.165) is 25.7 Å². The number of aliphatic hydroxyl groups excluding tert-OH is 1. The van der Waals surface area contributed by atoms with Crippen LogP contribution in [0.3, 0.4) is 0 Å². The van der Waals surface area contributed by atoms with Gasteiger partial charge in [-0.15, -0.1) is 0 Å². The Morgan fingerprint density at radius 2 is 2.11 bits per heavy atom. The van der Waals surface area contributed by atoms with E-state index in [2.05, 4.69) is 10.3 Å². The van der Waals surface area contributed by atoms with Gasteiger partial charge in [0.25, 0.3) is 5.91 Å². The van der Waals surface area contributed by atoms with Gasteiger partial charge in [-0.3, -0.25) is 4.79 Å². The Kier molecular flexibility index (Phi) is 4.37. The van der Waals surface area contributed by atoms with Crippen molar-refractivity contribution in [2.45, 2.75) is 37.8 Å².